The van der Waals surface area contributed by atoms with Gasteiger partial charge in [-0.15, -0.1) is 0 Å². The number of carbonyl (C=O) groups excluding carboxylic acids is 2. The first kappa shape index (κ1) is 21.8. The van der Waals surface area contributed by atoms with Gasteiger partial charge in [-0.3, -0.25) is 9.69 Å². The highest BCUT2D eigenvalue weighted by molar-refractivity contribution is 5.97. The average molecular weight is 411 g/mol. The number of esters is 1. The van der Waals surface area contributed by atoms with Crippen LogP contribution in [0.1, 0.15) is 41.3 Å². The monoisotopic (exact) mass is 410 g/mol. The van der Waals surface area contributed by atoms with Crippen LogP contribution in [-0.2, 0) is 16.1 Å². The van der Waals surface area contributed by atoms with E-state index in [2.05, 4.69) is 22.3 Å². The maximum atomic E-state index is 12.8. The van der Waals surface area contributed by atoms with E-state index in [0.717, 1.165) is 43.8 Å². The fourth-order valence-corrected chi connectivity index (χ4v) is 3.85. The van der Waals surface area contributed by atoms with Gasteiger partial charge < -0.3 is 14.8 Å². The number of rotatable bonds is 7. The predicted octanol–water partition coefficient (Wildman–Crippen LogP) is 4.03. The molecule has 1 fully saturated rings. The Morgan fingerprint density at radius 1 is 1.13 bits per heavy atom. The van der Waals surface area contributed by atoms with Gasteiger partial charge in [-0.25, -0.2) is 4.79 Å². The number of anilines is 1. The van der Waals surface area contributed by atoms with Gasteiger partial charge in [0, 0.05) is 18.2 Å². The summed E-state index contributed by atoms with van der Waals surface area (Å²) in [5, 5.41) is 3.00. The standard InChI is InChI=1S/C24H30N2O4/c1-4-30-20-8-5-7-18(15-20)16-26-13-11-19(12-14-26)23(27)25-22-10-6-9-21(17(22)2)24(28)29-3/h5-10,15,19H,4,11-14,16H2,1-3H3,(H,25,27). The number of amides is 1. The van der Waals surface area contributed by atoms with Gasteiger partial charge in [0.1, 0.15) is 5.75 Å². The summed E-state index contributed by atoms with van der Waals surface area (Å²) in [6.45, 7) is 7.06. The Labute approximate surface area is 178 Å². The summed E-state index contributed by atoms with van der Waals surface area (Å²) >= 11 is 0. The molecule has 1 aliphatic heterocycles. The molecule has 0 atom stereocenters. The second-order valence-corrected chi connectivity index (χ2v) is 7.59. The van der Waals surface area contributed by atoms with E-state index < -0.39 is 5.97 Å². The highest BCUT2D eigenvalue weighted by atomic mass is 16.5. The lowest BCUT2D eigenvalue weighted by Gasteiger charge is -2.31. The number of likely N-dealkylation sites (tertiary alicyclic amines) is 1. The van der Waals surface area contributed by atoms with Gasteiger partial charge in [-0.2, -0.15) is 0 Å². The number of ether oxygens (including phenoxy) is 2. The van der Waals surface area contributed by atoms with Gasteiger partial charge in [-0.1, -0.05) is 18.2 Å². The summed E-state index contributed by atoms with van der Waals surface area (Å²) in [5.74, 6) is 0.481. The van der Waals surface area contributed by atoms with Crippen LogP contribution in [-0.4, -0.2) is 43.6 Å². The molecule has 30 heavy (non-hydrogen) atoms. The molecule has 1 N–H and O–H groups in total. The Morgan fingerprint density at radius 2 is 1.87 bits per heavy atom. The summed E-state index contributed by atoms with van der Waals surface area (Å²) in [7, 11) is 1.36. The molecule has 6 nitrogen and oxygen atoms in total. The molecule has 2 aromatic carbocycles. The average Bonchev–Trinajstić information content (AvgIpc) is 2.75. The topological polar surface area (TPSA) is 67.9 Å². The summed E-state index contributed by atoms with van der Waals surface area (Å²) in [5.41, 5.74) is 3.08. The Kier molecular flexibility index (Phi) is 7.46. The highest BCUT2D eigenvalue weighted by Gasteiger charge is 2.26. The van der Waals surface area contributed by atoms with E-state index in [4.69, 9.17) is 9.47 Å². The second-order valence-electron chi connectivity index (χ2n) is 7.59. The molecule has 0 radical (unpaired) electrons. The van der Waals surface area contributed by atoms with Gasteiger partial charge >= 0.3 is 5.97 Å². The molecule has 3 rings (SSSR count). The third-order valence-electron chi connectivity index (χ3n) is 5.57. The van der Waals surface area contributed by atoms with Crippen molar-refractivity contribution in [2.75, 3.05) is 32.1 Å². The van der Waals surface area contributed by atoms with E-state index in [1.807, 2.05) is 32.0 Å². The van der Waals surface area contributed by atoms with Gasteiger partial charge in [0.25, 0.3) is 0 Å². The molecule has 6 heteroatoms. The van der Waals surface area contributed by atoms with Crippen molar-refractivity contribution in [1.82, 2.24) is 4.90 Å². The van der Waals surface area contributed by atoms with Crippen molar-refractivity contribution in [1.29, 1.82) is 0 Å². The van der Waals surface area contributed by atoms with E-state index in [1.54, 1.807) is 12.1 Å². The van der Waals surface area contributed by atoms with Crippen LogP contribution in [0.3, 0.4) is 0 Å². The molecule has 0 saturated carbocycles. The van der Waals surface area contributed by atoms with Crippen molar-refractivity contribution in [3.05, 3.63) is 59.2 Å². The second kappa shape index (κ2) is 10.3. The smallest absolute Gasteiger partial charge is 0.338 e. The van der Waals surface area contributed by atoms with E-state index in [-0.39, 0.29) is 11.8 Å². The first-order valence-corrected chi connectivity index (χ1v) is 10.4. The van der Waals surface area contributed by atoms with Gasteiger partial charge in [-0.05, 0) is 75.2 Å². The molecular weight excluding hydrogens is 380 g/mol. The molecule has 0 spiro atoms. The summed E-state index contributed by atoms with van der Waals surface area (Å²) in [6, 6.07) is 13.5. The van der Waals surface area contributed by atoms with Crippen molar-refractivity contribution >= 4 is 17.6 Å². The van der Waals surface area contributed by atoms with Crippen molar-refractivity contribution in [3.63, 3.8) is 0 Å². The van der Waals surface area contributed by atoms with Crippen LogP contribution in [0.2, 0.25) is 0 Å². The summed E-state index contributed by atoms with van der Waals surface area (Å²) < 4.78 is 10.4. The molecule has 0 aromatic heterocycles. The zero-order valence-electron chi connectivity index (χ0n) is 17.9. The minimum absolute atomic E-state index is 0.0121. The number of benzene rings is 2. The quantitative estimate of drug-likeness (QED) is 0.698. The maximum absolute atomic E-state index is 12.8. The Hall–Kier alpha value is -2.86. The number of nitrogens with one attached hydrogen (secondary N) is 1. The fourth-order valence-electron chi connectivity index (χ4n) is 3.85. The van der Waals surface area contributed by atoms with Crippen molar-refractivity contribution < 1.29 is 19.1 Å². The largest absolute Gasteiger partial charge is 0.494 e. The fraction of sp³-hybridized carbons (Fsp3) is 0.417. The van der Waals surface area contributed by atoms with E-state index in [0.29, 0.717) is 17.9 Å². The molecule has 160 valence electrons. The van der Waals surface area contributed by atoms with Crippen LogP contribution in [0.5, 0.6) is 5.75 Å². The molecular formula is C24H30N2O4. The van der Waals surface area contributed by atoms with Crippen LogP contribution < -0.4 is 10.1 Å². The molecule has 0 unspecified atom stereocenters. The van der Waals surface area contributed by atoms with Crippen molar-refractivity contribution in [2.45, 2.75) is 33.2 Å². The molecule has 0 aliphatic carbocycles. The van der Waals surface area contributed by atoms with Crippen LogP contribution >= 0.6 is 0 Å². The zero-order valence-corrected chi connectivity index (χ0v) is 17.9. The molecule has 1 aliphatic rings. The molecule has 1 heterocycles. The predicted molar refractivity (Wildman–Crippen MR) is 117 cm³/mol. The third kappa shape index (κ3) is 5.39. The number of methoxy groups -OCH3 is 1. The Balaban J connectivity index is 1.55. The summed E-state index contributed by atoms with van der Waals surface area (Å²) in [6.07, 6.45) is 1.62. The van der Waals surface area contributed by atoms with Gasteiger partial charge in [0.15, 0.2) is 0 Å². The number of nitrogens with zero attached hydrogens (tertiary/aromatic N) is 1. The van der Waals surface area contributed by atoms with Gasteiger partial charge in [0.2, 0.25) is 5.91 Å². The first-order chi connectivity index (χ1) is 14.5. The normalized spacial score (nSPS) is 14.9. The Bertz CT molecular complexity index is 889. The zero-order chi connectivity index (χ0) is 21.5. The first-order valence-electron chi connectivity index (χ1n) is 10.4. The molecule has 1 saturated heterocycles. The van der Waals surface area contributed by atoms with Crippen LogP contribution in [0.4, 0.5) is 5.69 Å². The number of hydrogen-bond donors (Lipinski definition) is 1. The van der Waals surface area contributed by atoms with Crippen LogP contribution in [0, 0.1) is 12.8 Å². The lowest BCUT2D eigenvalue weighted by Crippen LogP contribution is -2.37. The molecule has 1 amide bonds. The SMILES string of the molecule is CCOc1cccc(CN2CCC(C(=O)Nc3cccc(C(=O)OC)c3C)CC2)c1. The van der Waals surface area contributed by atoms with Crippen molar-refractivity contribution in [3.8, 4) is 5.75 Å². The van der Waals surface area contributed by atoms with Gasteiger partial charge in [0.05, 0.1) is 19.3 Å². The lowest BCUT2D eigenvalue weighted by molar-refractivity contribution is -0.121. The van der Waals surface area contributed by atoms with E-state index in [9.17, 15) is 9.59 Å². The maximum Gasteiger partial charge on any atom is 0.338 e. The lowest BCUT2D eigenvalue weighted by atomic mass is 9.95. The minimum Gasteiger partial charge on any atom is -0.494 e. The number of hydrogen-bond acceptors (Lipinski definition) is 5. The third-order valence-corrected chi connectivity index (χ3v) is 5.57. The molecule has 0 bridgehead atoms. The number of piperidine rings is 1. The Morgan fingerprint density at radius 3 is 2.57 bits per heavy atom. The molecule has 2 aromatic rings. The highest BCUT2D eigenvalue weighted by Crippen LogP contribution is 2.24. The van der Waals surface area contributed by atoms with Crippen LogP contribution in [0.25, 0.3) is 0 Å². The van der Waals surface area contributed by atoms with E-state index >= 15 is 0 Å². The summed E-state index contributed by atoms with van der Waals surface area (Å²) in [4.78, 5) is 27.0. The van der Waals surface area contributed by atoms with Crippen molar-refractivity contribution in [2.24, 2.45) is 5.92 Å². The van der Waals surface area contributed by atoms with Crippen LogP contribution in [0.15, 0.2) is 42.5 Å². The minimum atomic E-state index is -0.398. The number of carbonyl (C=O) groups is 2. The van der Waals surface area contributed by atoms with E-state index in [1.165, 1.54) is 12.7 Å².